The number of carboxylic acid groups (broad SMARTS) is 1. The van der Waals surface area contributed by atoms with E-state index < -0.39 is 5.97 Å². The van der Waals surface area contributed by atoms with Gasteiger partial charge in [-0.05, 0) is 31.4 Å². The van der Waals surface area contributed by atoms with E-state index in [-0.39, 0.29) is 29.9 Å². The van der Waals surface area contributed by atoms with Gasteiger partial charge in [0, 0.05) is 18.8 Å². The summed E-state index contributed by atoms with van der Waals surface area (Å²) in [5, 5.41) is 9.02. The van der Waals surface area contributed by atoms with Crippen LogP contribution in [0.25, 0.3) is 0 Å². The van der Waals surface area contributed by atoms with Crippen LogP contribution in [0, 0.1) is 0 Å². The third-order valence-electron chi connectivity index (χ3n) is 3.82. The fourth-order valence-corrected chi connectivity index (χ4v) is 3.39. The molecule has 24 heavy (non-hydrogen) atoms. The zero-order valence-corrected chi connectivity index (χ0v) is 14.3. The zero-order valence-electron chi connectivity index (χ0n) is 13.5. The van der Waals surface area contributed by atoms with Crippen LogP contribution in [-0.2, 0) is 14.4 Å². The van der Waals surface area contributed by atoms with E-state index in [1.54, 1.807) is 30.3 Å². The van der Waals surface area contributed by atoms with Crippen LogP contribution in [0.3, 0.4) is 0 Å². The lowest BCUT2D eigenvalue weighted by Gasteiger charge is -2.26. The van der Waals surface area contributed by atoms with Crippen molar-refractivity contribution in [2.75, 3.05) is 36.0 Å². The van der Waals surface area contributed by atoms with Crippen molar-refractivity contribution in [2.24, 2.45) is 0 Å². The molecule has 0 aromatic heterocycles. The summed E-state index contributed by atoms with van der Waals surface area (Å²) in [5.41, 5.74) is 0.549. The van der Waals surface area contributed by atoms with Gasteiger partial charge in [-0.3, -0.25) is 14.4 Å². The Kier molecular flexibility index (Phi) is 7.11. The van der Waals surface area contributed by atoms with E-state index in [9.17, 15) is 14.4 Å². The molecule has 1 saturated heterocycles. The van der Waals surface area contributed by atoms with E-state index in [0.29, 0.717) is 5.69 Å². The summed E-state index contributed by atoms with van der Waals surface area (Å²) in [7, 11) is 0. The van der Waals surface area contributed by atoms with E-state index in [1.807, 2.05) is 4.90 Å². The number of thioether (sulfide) groups is 1. The Morgan fingerprint density at radius 2 is 1.71 bits per heavy atom. The average Bonchev–Trinajstić information content (AvgIpc) is 2.60. The number of benzene rings is 1. The number of piperidine rings is 1. The number of amides is 2. The monoisotopic (exact) mass is 350 g/mol. The van der Waals surface area contributed by atoms with Crippen LogP contribution in [0.1, 0.15) is 19.3 Å². The molecule has 2 amide bonds. The lowest BCUT2D eigenvalue weighted by molar-refractivity contribution is -0.136. The van der Waals surface area contributed by atoms with Crippen LogP contribution in [0.5, 0.6) is 0 Å². The Labute approximate surface area is 145 Å². The molecule has 0 unspecified atom stereocenters. The summed E-state index contributed by atoms with van der Waals surface area (Å²) in [5.74, 6) is -0.984. The number of anilines is 1. The van der Waals surface area contributed by atoms with Crippen molar-refractivity contribution in [1.29, 1.82) is 0 Å². The number of carbonyl (C=O) groups excluding carboxylic acids is 2. The van der Waals surface area contributed by atoms with Gasteiger partial charge in [-0.15, -0.1) is 11.8 Å². The van der Waals surface area contributed by atoms with Crippen molar-refractivity contribution >= 4 is 35.2 Å². The summed E-state index contributed by atoms with van der Waals surface area (Å²) in [4.78, 5) is 38.5. The Morgan fingerprint density at radius 1 is 1.04 bits per heavy atom. The second kappa shape index (κ2) is 9.32. The summed E-state index contributed by atoms with van der Waals surface area (Å²) >= 11 is 1.24. The highest BCUT2D eigenvalue weighted by Gasteiger charge is 2.20. The number of aliphatic carboxylic acids is 1. The van der Waals surface area contributed by atoms with E-state index in [2.05, 4.69) is 0 Å². The summed E-state index contributed by atoms with van der Waals surface area (Å²) < 4.78 is 0. The molecule has 0 spiro atoms. The second-order valence-corrected chi connectivity index (χ2v) is 6.63. The Balaban J connectivity index is 1.86. The smallest absolute Gasteiger partial charge is 0.323 e. The maximum Gasteiger partial charge on any atom is 0.323 e. The molecular formula is C17H22N2O4S. The summed E-state index contributed by atoms with van der Waals surface area (Å²) in [6.07, 6.45) is 3.24. The molecule has 0 radical (unpaired) electrons. The fourth-order valence-electron chi connectivity index (χ4n) is 2.60. The molecule has 1 aliphatic rings. The second-order valence-electron chi connectivity index (χ2n) is 5.64. The van der Waals surface area contributed by atoms with Gasteiger partial charge in [0.05, 0.1) is 11.5 Å². The molecule has 0 saturated carbocycles. The average molecular weight is 350 g/mol. The Bertz CT molecular complexity index is 573. The minimum Gasteiger partial charge on any atom is -0.480 e. The molecule has 1 heterocycles. The SMILES string of the molecule is O=C(O)CN(C(=O)CSCC(=O)N1CCCCC1)c1ccccc1. The van der Waals surface area contributed by atoms with Gasteiger partial charge in [0.1, 0.15) is 6.54 Å². The third kappa shape index (κ3) is 5.56. The minimum atomic E-state index is -1.07. The molecule has 6 nitrogen and oxygen atoms in total. The topological polar surface area (TPSA) is 77.9 Å². The normalized spacial score (nSPS) is 14.2. The van der Waals surface area contributed by atoms with Crippen LogP contribution >= 0.6 is 11.8 Å². The highest BCUT2D eigenvalue weighted by molar-refractivity contribution is 8.00. The van der Waals surface area contributed by atoms with Crippen molar-refractivity contribution in [1.82, 2.24) is 4.90 Å². The number of carbonyl (C=O) groups is 3. The molecule has 130 valence electrons. The van der Waals surface area contributed by atoms with Gasteiger partial charge in [0.2, 0.25) is 11.8 Å². The predicted octanol–water partition coefficient (Wildman–Crippen LogP) is 1.85. The number of hydrogen-bond acceptors (Lipinski definition) is 4. The lowest BCUT2D eigenvalue weighted by atomic mass is 10.1. The van der Waals surface area contributed by atoms with E-state index in [1.165, 1.54) is 16.7 Å². The number of nitrogens with zero attached hydrogens (tertiary/aromatic N) is 2. The van der Waals surface area contributed by atoms with Crippen LogP contribution in [0.4, 0.5) is 5.69 Å². The first kappa shape index (κ1) is 18.3. The van der Waals surface area contributed by atoms with E-state index in [0.717, 1.165) is 32.4 Å². The number of para-hydroxylation sites is 1. The largest absolute Gasteiger partial charge is 0.480 e. The lowest BCUT2D eigenvalue weighted by Crippen LogP contribution is -2.38. The van der Waals surface area contributed by atoms with Crippen molar-refractivity contribution in [3.05, 3.63) is 30.3 Å². The molecule has 1 aromatic rings. The first-order valence-electron chi connectivity index (χ1n) is 8.00. The molecule has 0 aliphatic carbocycles. The molecule has 2 rings (SSSR count). The van der Waals surface area contributed by atoms with Gasteiger partial charge in [-0.1, -0.05) is 18.2 Å². The molecule has 1 N–H and O–H groups in total. The zero-order chi connectivity index (χ0) is 17.4. The van der Waals surface area contributed by atoms with Crippen molar-refractivity contribution < 1.29 is 19.5 Å². The fraction of sp³-hybridized carbons (Fsp3) is 0.471. The van der Waals surface area contributed by atoms with Crippen molar-refractivity contribution in [3.8, 4) is 0 Å². The quantitative estimate of drug-likeness (QED) is 0.812. The van der Waals surface area contributed by atoms with Crippen molar-refractivity contribution in [2.45, 2.75) is 19.3 Å². The molecular weight excluding hydrogens is 328 g/mol. The maximum atomic E-state index is 12.4. The van der Waals surface area contributed by atoms with E-state index >= 15 is 0 Å². The Hall–Kier alpha value is -2.02. The molecule has 0 atom stereocenters. The summed E-state index contributed by atoms with van der Waals surface area (Å²) in [6, 6.07) is 8.71. The minimum absolute atomic E-state index is 0.0528. The van der Waals surface area contributed by atoms with Crippen LogP contribution in [0.15, 0.2) is 30.3 Å². The predicted molar refractivity (Wildman–Crippen MR) is 94.2 cm³/mol. The highest BCUT2D eigenvalue weighted by Crippen LogP contribution is 2.16. The number of carboxylic acids is 1. The highest BCUT2D eigenvalue weighted by atomic mass is 32.2. The molecule has 1 aliphatic heterocycles. The Morgan fingerprint density at radius 3 is 2.33 bits per heavy atom. The molecule has 1 fully saturated rings. The first-order chi connectivity index (χ1) is 11.6. The summed E-state index contributed by atoms with van der Waals surface area (Å²) in [6.45, 7) is 1.20. The molecule has 7 heteroatoms. The van der Waals surface area contributed by atoms with Crippen molar-refractivity contribution in [3.63, 3.8) is 0 Å². The van der Waals surface area contributed by atoms with Gasteiger partial charge in [-0.25, -0.2) is 0 Å². The standard InChI is InChI=1S/C17H22N2O4S/c20-15(18-9-5-2-6-10-18)12-24-13-16(21)19(11-17(22)23)14-7-3-1-4-8-14/h1,3-4,7-8H,2,5-6,9-13H2,(H,22,23). The van der Waals surface area contributed by atoms with Gasteiger partial charge in [0.15, 0.2) is 0 Å². The number of rotatable bonds is 7. The van der Waals surface area contributed by atoms with Gasteiger partial charge < -0.3 is 14.9 Å². The van der Waals surface area contributed by atoms with E-state index in [4.69, 9.17) is 5.11 Å². The van der Waals surface area contributed by atoms with Crippen LogP contribution in [-0.4, -0.2) is 58.9 Å². The molecule has 0 bridgehead atoms. The van der Waals surface area contributed by atoms with Gasteiger partial charge in [-0.2, -0.15) is 0 Å². The first-order valence-corrected chi connectivity index (χ1v) is 9.16. The third-order valence-corrected chi connectivity index (χ3v) is 4.72. The van der Waals surface area contributed by atoms with Gasteiger partial charge >= 0.3 is 5.97 Å². The maximum absolute atomic E-state index is 12.4. The molecule has 1 aromatic carbocycles. The van der Waals surface area contributed by atoms with Crippen LogP contribution < -0.4 is 4.90 Å². The number of likely N-dealkylation sites (tertiary alicyclic amines) is 1. The number of hydrogen-bond donors (Lipinski definition) is 1. The van der Waals surface area contributed by atoms with Gasteiger partial charge in [0.25, 0.3) is 0 Å². The van der Waals surface area contributed by atoms with Crippen LogP contribution in [0.2, 0.25) is 0 Å².